The molecule has 136 valence electrons. The Morgan fingerprint density at radius 2 is 2.04 bits per heavy atom. The molecule has 1 N–H and O–H groups in total. The summed E-state index contributed by atoms with van der Waals surface area (Å²) in [6.07, 6.45) is 5.80. The van der Waals surface area contributed by atoms with Gasteiger partial charge in [0.05, 0.1) is 29.8 Å². The van der Waals surface area contributed by atoms with E-state index >= 15 is 0 Å². The van der Waals surface area contributed by atoms with Gasteiger partial charge in [-0.2, -0.15) is 0 Å². The van der Waals surface area contributed by atoms with Crippen molar-refractivity contribution in [2.24, 2.45) is 0 Å². The fourth-order valence-electron chi connectivity index (χ4n) is 3.08. The number of aromatic amines is 1. The normalized spacial score (nSPS) is 11.0. The zero-order chi connectivity index (χ0) is 18.8. The zero-order valence-electron chi connectivity index (χ0n) is 15.3. The first-order valence-electron chi connectivity index (χ1n) is 8.89. The molecule has 0 aliphatic heterocycles. The van der Waals surface area contributed by atoms with E-state index in [1.54, 1.807) is 6.20 Å². The molecule has 4 rings (SSSR count). The summed E-state index contributed by atoms with van der Waals surface area (Å²) in [5.41, 5.74) is 4.20. The van der Waals surface area contributed by atoms with Crippen molar-refractivity contribution in [1.29, 1.82) is 0 Å². The number of Topliss-reactive ketones (excluding diaryl/α,β-unsaturated/α-hetero) is 1. The Hall–Kier alpha value is -3.41. The Labute approximate surface area is 156 Å². The zero-order valence-corrected chi connectivity index (χ0v) is 15.3. The Balaban J connectivity index is 1.61. The summed E-state index contributed by atoms with van der Waals surface area (Å²) in [4.78, 5) is 24.7. The molecule has 1 aromatic carbocycles. The number of H-pyrrole nitrogens is 1. The molecule has 0 spiro atoms. The van der Waals surface area contributed by atoms with Gasteiger partial charge in [0, 0.05) is 29.8 Å². The van der Waals surface area contributed by atoms with Crippen LogP contribution in [-0.2, 0) is 6.42 Å². The Morgan fingerprint density at radius 3 is 2.81 bits per heavy atom. The van der Waals surface area contributed by atoms with Crippen molar-refractivity contribution >= 4 is 16.8 Å². The minimum Gasteiger partial charge on any atom is -0.493 e. The maximum absolute atomic E-state index is 12.7. The van der Waals surface area contributed by atoms with Gasteiger partial charge in [-0.3, -0.25) is 9.78 Å². The number of pyridine rings is 1. The third-order valence-corrected chi connectivity index (χ3v) is 4.52. The van der Waals surface area contributed by atoms with Crippen LogP contribution in [0.1, 0.15) is 28.8 Å². The number of carbonyl (C=O) groups is 1. The van der Waals surface area contributed by atoms with Crippen LogP contribution in [0.4, 0.5) is 0 Å². The van der Waals surface area contributed by atoms with E-state index in [-0.39, 0.29) is 12.2 Å². The molecule has 3 aromatic heterocycles. The van der Waals surface area contributed by atoms with Crippen LogP contribution in [0.3, 0.4) is 0 Å². The molecule has 4 aromatic rings. The van der Waals surface area contributed by atoms with Gasteiger partial charge >= 0.3 is 0 Å². The van der Waals surface area contributed by atoms with Crippen molar-refractivity contribution in [3.05, 3.63) is 72.1 Å². The van der Waals surface area contributed by atoms with E-state index in [1.807, 2.05) is 67.2 Å². The molecule has 0 amide bonds. The summed E-state index contributed by atoms with van der Waals surface area (Å²) in [7, 11) is 0. The van der Waals surface area contributed by atoms with Crippen molar-refractivity contribution in [3.63, 3.8) is 0 Å². The van der Waals surface area contributed by atoms with Gasteiger partial charge in [0.15, 0.2) is 5.82 Å². The molecular formula is C21H20N4O2. The lowest BCUT2D eigenvalue weighted by Gasteiger charge is -2.09. The summed E-state index contributed by atoms with van der Waals surface area (Å²) < 4.78 is 7.59. The standard InChI is InChI=1S/C21H20N4O2/c1-3-27-20-8-9-22-17(14(20)2)13-19(26)21-23-16-7-6-15(12-18(16)24-21)25-10-4-5-11-25/h4-12H,3,13H2,1-2H3,(H,23,24). The molecule has 0 atom stereocenters. The highest BCUT2D eigenvalue weighted by Gasteiger charge is 2.16. The molecule has 0 fully saturated rings. The van der Waals surface area contributed by atoms with Crippen LogP contribution in [0.5, 0.6) is 5.75 Å². The fraction of sp³-hybridized carbons (Fsp3) is 0.190. The molecule has 0 saturated heterocycles. The largest absolute Gasteiger partial charge is 0.493 e. The minimum atomic E-state index is -0.0991. The van der Waals surface area contributed by atoms with Gasteiger partial charge in [-0.1, -0.05) is 0 Å². The van der Waals surface area contributed by atoms with Crippen molar-refractivity contribution < 1.29 is 9.53 Å². The molecule has 0 saturated carbocycles. The third-order valence-electron chi connectivity index (χ3n) is 4.52. The molecule has 0 unspecified atom stereocenters. The van der Waals surface area contributed by atoms with Gasteiger partial charge < -0.3 is 14.3 Å². The number of hydrogen-bond donors (Lipinski definition) is 1. The predicted octanol–water partition coefficient (Wildman–Crippen LogP) is 3.88. The maximum Gasteiger partial charge on any atom is 0.204 e. The second-order valence-corrected chi connectivity index (χ2v) is 6.29. The van der Waals surface area contributed by atoms with E-state index in [2.05, 4.69) is 15.0 Å². The summed E-state index contributed by atoms with van der Waals surface area (Å²) in [6, 6.07) is 11.6. The molecule has 0 bridgehead atoms. The number of aromatic nitrogens is 4. The average molecular weight is 360 g/mol. The van der Waals surface area contributed by atoms with Gasteiger partial charge in [0.25, 0.3) is 0 Å². The van der Waals surface area contributed by atoms with Crippen LogP contribution in [0.15, 0.2) is 55.0 Å². The van der Waals surface area contributed by atoms with Gasteiger partial charge in [0.1, 0.15) is 5.75 Å². The van der Waals surface area contributed by atoms with E-state index in [4.69, 9.17) is 4.74 Å². The number of nitrogens with one attached hydrogen (secondary N) is 1. The second-order valence-electron chi connectivity index (χ2n) is 6.29. The van der Waals surface area contributed by atoms with E-state index < -0.39 is 0 Å². The minimum absolute atomic E-state index is 0.0991. The fourth-order valence-corrected chi connectivity index (χ4v) is 3.08. The maximum atomic E-state index is 12.7. The van der Waals surface area contributed by atoms with Crippen molar-refractivity contribution in [2.75, 3.05) is 6.61 Å². The Bertz CT molecular complexity index is 1100. The number of imidazole rings is 1. The molecule has 6 heteroatoms. The number of hydrogen-bond acceptors (Lipinski definition) is 4. The molecular weight excluding hydrogens is 340 g/mol. The monoisotopic (exact) mass is 360 g/mol. The number of carbonyl (C=O) groups excluding carboxylic acids is 1. The summed E-state index contributed by atoms with van der Waals surface area (Å²) in [5.74, 6) is 1.01. The van der Waals surface area contributed by atoms with Crippen LogP contribution in [0.25, 0.3) is 16.7 Å². The number of nitrogens with zero attached hydrogens (tertiary/aromatic N) is 3. The van der Waals surface area contributed by atoms with E-state index in [9.17, 15) is 4.79 Å². The summed E-state index contributed by atoms with van der Waals surface area (Å²) in [5, 5.41) is 0. The SMILES string of the molecule is CCOc1ccnc(CC(=O)c2nc3ccc(-n4cccc4)cc3[nH]2)c1C. The molecule has 3 heterocycles. The van der Waals surface area contributed by atoms with Gasteiger partial charge in [-0.15, -0.1) is 0 Å². The van der Waals surface area contributed by atoms with Crippen LogP contribution < -0.4 is 4.74 Å². The molecule has 6 nitrogen and oxygen atoms in total. The van der Waals surface area contributed by atoms with Crippen molar-refractivity contribution in [2.45, 2.75) is 20.3 Å². The smallest absolute Gasteiger partial charge is 0.204 e. The lowest BCUT2D eigenvalue weighted by molar-refractivity contribution is 0.0983. The van der Waals surface area contributed by atoms with Crippen LogP contribution in [-0.4, -0.2) is 31.9 Å². The topological polar surface area (TPSA) is 72.8 Å². The highest BCUT2D eigenvalue weighted by Crippen LogP contribution is 2.22. The lowest BCUT2D eigenvalue weighted by atomic mass is 10.1. The lowest BCUT2D eigenvalue weighted by Crippen LogP contribution is -2.09. The first-order valence-corrected chi connectivity index (χ1v) is 8.89. The second kappa shape index (κ2) is 7.07. The summed E-state index contributed by atoms with van der Waals surface area (Å²) >= 11 is 0. The number of benzene rings is 1. The quantitative estimate of drug-likeness (QED) is 0.530. The number of ether oxygens (including phenoxy) is 1. The van der Waals surface area contributed by atoms with Crippen molar-refractivity contribution in [1.82, 2.24) is 19.5 Å². The van der Waals surface area contributed by atoms with Crippen molar-refractivity contribution in [3.8, 4) is 11.4 Å². The molecule has 0 aliphatic rings. The highest BCUT2D eigenvalue weighted by atomic mass is 16.5. The van der Waals surface area contributed by atoms with E-state index in [0.717, 1.165) is 28.0 Å². The predicted molar refractivity (Wildman–Crippen MR) is 104 cm³/mol. The van der Waals surface area contributed by atoms with Crippen LogP contribution in [0.2, 0.25) is 0 Å². The van der Waals surface area contributed by atoms with Gasteiger partial charge in [0.2, 0.25) is 5.78 Å². The first kappa shape index (κ1) is 17.0. The average Bonchev–Trinajstić information content (AvgIpc) is 3.34. The third kappa shape index (κ3) is 3.33. The number of rotatable bonds is 6. The number of ketones is 1. The molecule has 0 aliphatic carbocycles. The number of fused-ring (bicyclic) bond motifs is 1. The Morgan fingerprint density at radius 1 is 1.22 bits per heavy atom. The summed E-state index contributed by atoms with van der Waals surface area (Å²) in [6.45, 7) is 4.43. The van der Waals surface area contributed by atoms with Crippen LogP contribution in [0, 0.1) is 6.92 Å². The Kier molecular flexibility index (Phi) is 4.46. The highest BCUT2D eigenvalue weighted by molar-refractivity contribution is 5.97. The van der Waals surface area contributed by atoms with E-state index in [1.165, 1.54) is 0 Å². The molecule has 27 heavy (non-hydrogen) atoms. The molecule has 0 radical (unpaired) electrons. The van der Waals surface area contributed by atoms with Gasteiger partial charge in [-0.25, -0.2) is 4.98 Å². The van der Waals surface area contributed by atoms with Gasteiger partial charge in [-0.05, 0) is 50.2 Å². The van der Waals surface area contributed by atoms with E-state index in [0.29, 0.717) is 18.1 Å². The first-order chi connectivity index (χ1) is 13.2. The van der Waals surface area contributed by atoms with Crippen LogP contribution >= 0.6 is 0 Å².